The van der Waals surface area contributed by atoms with E-state index in [-0.39, 0.29) is 5.91 Å². The second kappa shape index (κ2) is 8.61. The second-order valence-electron chi connectivity index (χ2n) is 6.80. The van der Waals surface area contributed by atoms with Crippen LogP contribution in [0.5, 0.6) is 0 Å². The van der Waals surface area contributed by atoms with Crippen molar-refractivity contribution in [2.45, 2.75) is 46.0 Å². The van der Waals surface area contributed by atoms with Crippen LogP contribution in [0.3, 0.4) is 0 Å². The summed E-state index contributed by atoms with van der Waals surface area (Å²) in [7, 11) is 0. The van der Waals surface area contributed by atoms with E-state index < -0.39 is 0 Å². The molecule has 0 bridgehead atoms. The number of hydrogen-bond donors (Lipinski definition) is 2. The minimum atomic E-state index is -0.160. The molecule has 3 rings (SSSR count). The van der Waals surface area contributed by atoms with E-state index in [9.17, 15) is 4.79 Å². The number of amides is 1. The lowest BCUT2D eigenvalue weighted by molar-refractivity contribution is 0.0949. The normalized spacial score (nSPS) is 13.8. The summed E-state index contributed by atoms with van der Waals surface area (Å²) in [4.78, 5) is 20.9. The average molecular weight is 350 g/mol. The largest absolute Gasteiger partial charge is 0.350 e. The van der Waals surface area contributed by atoms with Gasteiger partial charge in [0.15, 0.2) is 0 Å². The maximum Gasteiger partial charge on any atom is 0.270 e. The number of nitrogens with zero attached hydrogens (tertiary/aromatic N) is 2. The molecular weight excluding hydrogens is 324 g/mol. The summed E-state index contributed by atoms with van der Waals surface area (Å²) in [5.41, 5.74) is 5.17. The van der Waals surface area contributed by atoms with Gasteiger partial charge in [-0.15, -0.1) is 0 Å². The number of aromatic nitrogens is 2. The number of nitrogens with one attached hydrogen (secondary N) is 2. The van der Waals surface area contributed by atoms with Gasteiger partial charge in [-0.25, -0.2) is 9.97 Å². The number of hydrogen-bond acceptors (Lipinski definition) is 4. The van der Waals surface area contributed by atoms with Crippen molar-refractivity contribution in [3.63, 3.8) is 0 Å². The standard InChI is InChI=1S/C21H26N4O/c1-15-8-9-18(14-16(15)2)24-21-23-13-11-19(25-21)20(26)22-12-10-17-6-4-3-5-7-17/h6,8-9,11,13-14H,3-5,7,10,12H2,1-2H3,(H,22,26)(H,23,24,25). The van der Waals surface area contributed by atoms with Gasteiger partial charge in [0, 0.05) is 18.4 Å². The quantitative estimate of drug-likeness (QED) is 0.755. The minimum Gasteiger partial charge on any atom is -0.350 e. The van der Waals surface area contributed by atoms with Crippen molar-refractivity contribution in [3.05, 3.63) is 58.9 Å². The third-order valence-electron chi connectivity index (χ3n) is 4.77. The first-order chi connectivity index (χ1) is 12.6. The van der Waals surface area contributed by atoms with Crippen LogP contribution < -0.4 is 10.6 Å². The molecule has 2 aromatic rings. The molecule has 1 amide bonds. The molecule has 0 saturated heterocycles. The summed E-state index contributed by atoms with van der Waals surface area (Å²) < 4.78 is 0. The number of aryl methyl sites for hydroxylation is 2. The molecule has 0 unspecified atom stereocenters. The van der Waals surface area contributed by atoms with Crippen molar-refractivity contribution in [3.8, 4) is 0 Å². The maximum absolute atomic E-state index is 12.3. The van der Waals surface area contributed by atoms with Crippen molar-refractivity contribution in [2.75, 3.05) is 11.9 Å². The SMILES string of the molecule is Cc1ccc(Nc2nccc(C(=O)NCCC3=CCCCC3)n2)cc1C. The first-order valence-electron chi connectivity index (χ1n) is 9.25. The van der Waals surface area contributed by atoms with Gasteiger partial charge in [0.1, 0.15) is 5.69 Å². The Morgan fingerprint density at radius 1 is 1.15 bits per heavy atom. The molecule has 0 spiro atoms. The van der Waals surface area contributed by atoms with Gasteiger partial charge in [-0.1, -0.05) is 17.7 Å². The Hall–Kier alpha value is -2.69. The highest BCUT2D eigenvalue weighted by Crippen LogP contribution is 2.19. The van der Waals surface area contributed by atoms with Crippen LogP contribution in [0.25, 0.3) is 0 Å². The highest BCUT2D eigenvalue weighted by Gasteiger charge is 2.10. The zero-order valence-corrected chi connectivity index (χ0v) is 15.5. The lowest BCUT2D eigenvalue weighted by Gasteiger charge is -2.13. The Kier molecular flexibility index (Phi) is 6.00. The van der Waals surface area contributed by atoms with E-state index in [0.717, 1.165) is 18.5 Å². The molecule has 5 nitrogen and oxygen atoms in total. The number of carbonyl (C=O) groups is 1. The minimum absolute atomic E-state index is 0.160. The van der Waals surface area contributed by atoms with Gasteiger partial charge >= 0.3 is 0 Å². The van der Waals surface area contributed by atoms with Gasteiger partial charge in [-0.2, -0.15) is 0 Å². The number of rotatable bonds is 6. The highest BCUT2D eigenvalue weighted by molar-refractivity contribution is 5.92. The molecule has 0 atom stereocenters. The summed E-state index contributed by atoms with van der Waals surface area (Å²) in [5, 5.41) is 6.12. The van der Waals surface area contributed by atoms with Crippen LogP contribution in [-0.2, 0) is 0 Å². The summed E-state index contributed by atoms with van der Waals surface area (Å²) in [5.74, 6) is 0.267. The average Bonchev–Trinajstić information content (AvgIpc) is 2.66. The van der Waals surface area contributed by atoms with Crippen molar-refractivity contribution in [1.82, 2.24) is 15.3 Å². The zero-order chi connectivity index (χ0) is 18.4. The molecule has 2 N–H and O–H groups in total. The Morgan fingerprint density at radius 2 is 2.04 bits per heavy atom. The summed E-state index contributed by atoms with van der Waals surface area (Å²) in [6.07, 6.45) is 9.72. The molecule has 1 aliphatic carbocycles. The third-order valence-corrected chi connectivity index (χ3v) is 4.77. The van der Waals surface area contributed by atoms with E-state index in [1.54, 1.807) is 12.3 Å². The number of allylic oxidation sites excluding steroid dienone is 1. The smallest absolute Gasteiger partial charge is 0.270 e. The molecule has 0 saturated carbocycles. The highest BCUT2D eigenvalue weighted by atomic mass is 16.1. The van der Waals surface area contributed by atoms with Crippen LogP contribution in [0.1, 0.15) is 53.7 Å². The van der Waals surface area contributed by atoms with Crippen LogP contribution in [-0.4, -0.2) is 22.4 Å². The Balaban J connectivity index is 1.58. The van der Waals surface area contributed by atoms with Crippen molar-refractivity contribution in [2.24, 2.45) is 0 Å². The molecule has 1 aromatic carbocycles. The van der Waals surface area contributed by atoms with Gasteiger partial charge in [0.2, 0.25) is 5.95 Å². The fourth-order valence-electron chi connectivity index (χ4n) is 3.05. The van der Waals surface area contributed by atoms with Gasteiger partial charge in [-0.05, 0) is 75.3 Å². The molecule has 5 heteroatoms. The molecule has 0 radical (unpaired) electrons. The van der Waals surface area contributed by atoms with E-state index >= 15 is 0 Å². The molecule has 1 aliphatic rings. The van der Waals surface area contributed by atoms with E-state index in [1.165, 1.54) is 36.0 Å². The van der Waals surface area contributed by atoms with Crippen LogP contribution in [0.2, 0.25) is 0 Å². The predicted molar refractivity (Wildman–Crippen MR) is 105 cm³/mol. The molecule has 1 heterocycles. The first-order valence-corrected chi connectivity index (χ1v) is 9.25. The molecule has 0 fully saturated rings. The van der Waals surface area contributed by atoms with Crippen LogP contribution >= 0.6 is 0 Å². The molecular formula is C21H26N4O. The van der Waals surface area contributed by atoms with Crippen LogP contribution in [0.4, 0.5) is 11.6 Å². The zero-order valence-electron chi connectivity index (χ0n) is 15.5. The number of benzene rings is 1. The molecule has 1 aromatic heterocycles. The Bertz CT molecular complexity index is 813. The molecule has 26 heavy (non-hydrogen) atoms. The summed E-state index contributed by atoms with van der Waals surface area (Å²) in [6, 6.07) is 7.72. The van der Waals surface area contributed by atoms with Gasteiger partial charge < -0.3 is 10.6 Å². The fourth-order valence-corrected chi connectivity index (χ4v) is 3.05. The van der Waals surface area contributed by atoms with Crippen molar-refractivity contribution in [1.29, 1.82) is 0 Å². The van der Waals surface area contributed by atoms with E-state index in [0.29, 0.717) is 18.2 Å². The molecule has 136 valence electrons. The number of anilines is 2. The Morgan fingerprint density at radius 3 is 2.81 bits per heavy atom. The lowest BCUT2D eigenvalue weighted by atomic mass is 9.97. The van der Waals surface area contributed by atoms with Gasteiger partial charge in [-0.3, -0.25) is 4.79 Å². The topological polar surface area (TPSA) is 66.9 Å². The fraction of sp³-hybridized carbons (Fsp3) is 0.381. The summed E-state index contributed by atoms with van der Waals surface area (Å²) in [6.45, 7) is 4.78. The number of carbonyl (C=O) groups excluding carboxylic acids is 1. The molecule has 0 aliphatic heterocycles. The van der Waals surface area contributed by atoms with E-state index in [1.807, 2.05) is 18.2 Å². The van der Waals surface area contributed by atoms with Crippen LogP contribution in [0.15, 0.2) is 42.1 Å². The predicted octanol–water partition coefficient (Wildman–Crippen LogP) is 4.46. The third kappa shape index (κ3) is 4.91. The summed E-state index contributed by atoms with van der Waals surface area (Å²) >= 11 is 0. The van der Waals surface area contributed by atoms with Crippen LogP contribution in [0, 0.1) is 13.8 Å². The van der Waals surface area contributed by atoms with E-state index in [4.69, 9.17) is 0 Å². The Labute approximate surface area is 155 Å². The lowest BCUT2D eigenvalue weighted by Crippen LogP contribution is -2.26. The first kappa shape index (κ1) is 18.1. The maximum atomic E-state index is 12.3. The second-order valence-corrected chi connectivity index (χ2v) is 6.80. The van der Waals surface area contributed by atoms with Gasteiger partial charge in [0.05, 0.1) is 0 Å². The van der Waals surface area contributed by atoms with Crippen molar-refractivity contribution < 1.29 is 4.79 Å². The monoisotopic (exact) mass is 350 g/mol. The van der Waals surface area contributed by atoms with E-state index in [2.05, 4.69) is 40.5 Å². The van der Waals surface area contributed by atoms with Gasteiger partial charge in [0.25, 0.3) is 5.91 Å². The van der Waals surface area contributed by atoms with Crippen molar-refractivity contribution >= 4 is 17.5 Å².